The molecule has 1 aromatic heterocycles. The molecule has 2 amide bonds. The normalized spacial score (nSPS) is 15.1. The summed E-state index contributed by atoms with van der Waals surface area (Å²) in [5, 5.41) is 2.49. The molecule has 3 aromatic rings. The zero-order chi connectivity index (χ0) is 21.1. The van der Waals surface area contributed by atoms with Crippen LogP contribution in [0.2, 0.25) is 0 Å². The molecule has 6 nitrogen and oxygen atoms in total. The molecule has 0 bridgehead atoms. The van der Waals surface area contributed by atoms with Crippen molar-refractivity contribution in [2.75, 3.05) is 16.8 Å². The predicted molar refractivity (Wildman–Crippen MR) is 106 cm³/mol. The van der Waals surface area contributed by atoms with E-state index in [2.05, 4.69) is 10.3 Å². The molecule has 4 rings (SSSR count). The Morgan fingerprint density at radius 2 is 1.87 bits per heavy atom. The Balaban J connectivity index is 1.52. The number of benzene rings is 2. The molecule has 1 unspecified atom stereocenters. The monoisotopic (exact) mass is 409 g/mol. The summed E-state index contributed by atoms with van der Waals surface area (Å²) in [6.45, 7) is -0.0674. The molecule has 0 radical (unpaired) electrons. The number of anilines is 2. The van der Waals surface area contributed by atoms with Crippen LogP contribution in [0.15, 0.2) is 66.9 Å². The summed E-state index contributed by atoms with van der Waals surface area (Å²) in [5.41, 5.74) is 0.905. The van der Waals surface area contributed by atoms with E-state index >= 15 is 0 Å². The van der Waals surface area contributed by atoms with Crippen molar-refractivity contribution >= 4 is 23.5 Å². The second-order valence-electron chi connectivity index (χ2n) is 6.63. The number of pyridine rings is 1. The van der Waals surface area contributed by atoms with Crippen LogP contribution in [0.4, 0.5) is 25.1 Å². The van der Waals surface area contributed by atoms with Gasteiger partial charge in [0.1, 0.15) is 17.5 Å². The van der Waals surface area contributed by atoms with E-state index in [4.69, 9.17) is 4.74 Å². The smallest absolute Gasteiger partial charge is 0.412 e. The van der Waals surface area contributed by atoms with Crippen molar-refractivity contribution < 1.29 is 23.1 Å². The minimum atomic E-state index is -0.708. The zero-order valence-corrected chi connectivity index (χ0v) is 15.7. The van der Waals surface area contributed by atoms with Gasteiger partial charge in [-0.3, -0.25) is 10.1 Å². The standard InChI is InChI=1S/C22H17F2N3O3/c23-14-7-9-15(10-8-14)27-18(20-16(21(27)28)4-3-5-17(20)24)11-13-30-22(29)26-19-6-1-2-12-25-19/h1-10,12,18H,11,13H2,(H,25,26,29). The summed E-state index contributed by atoms with van der Waals surface area (Å²) in [4.78, 5) is 30.3. The first-order valence-electron chi connectivity index (χ1n) is 9.27. The number of nitrogens with zero attached hydrogens (tertiary/aromatic N) is 2. The number of halogens is 2. The maximum absolute atomic E-state index is 14.6. The van der Waals surface area contributed by atoms with Gasteiger partial charge in [0.2, 0.25) is 0 Å². The summed E-state index contributed by atoms with van der Waals surface area (Å²) in [7, 11) is 0. The highest BCUT2D eigenvalue weighted by atomic mass is 19.1. The van der Waals surface area contributed by atoms with Crippen molar-refractivity contribution in [1.29, 1.82) is 0 Å². The molecule has 1 aliphatic heterocycles. The van der Waals surface area contributed by atoms with Crippen LogP contribution in [-0.2, 0) is 4.74 Å². The Morgan fingerprint density at radius 1 is 1.07 bits per heavy atom. The fourth-order valence-electron chi connectivity index (χ4n) is 3.48. The van der Waals surface area contributed by atoms with Gasteiger partial charge in [-0.15, -0.1) is 0 Å². The van der Waals surface area contributed by atoms with Crippen molar-refractivity contribution in [3.8, 4) is 0 Å². The molecule has 1 aliphatic rings. The van der Waals surface area contributed by atoms with Gasteiger partial charge in [-0.05, 0) is 48.5 Å². The minimum absolute atomic E-state index is 0.0674. The van der Waals surface area contributed by atoms with Crippen LogP contribution in [0.25, 0.3) is 0 Å². The molecule has 0 saturated heterocycles. The van der Waals surface area contributed by atoms with Crippen LogP contribution >= 0.6 is 0 Å². The highest BCUT2D eigenvalue weighted by molar-refractivity contribution is 6.11. The summed E-state index contributed by atoms with van der Waals surface area (Å²) in [6, 6.07) is 14.0. The number of carbonyl (C=O) groups is 2. The van der Waals surface area contributed by atoms with Gasteiger partial charge in [-0.1, -0.05) is 12.1 Å². The number of hydrogen-bond acceptors (Lipinski definition) is 4. The highest BCUT2D eigenvalue weighted by Gasteiger charge is 2.39. The first-order chi connectivity index (χ1) is 14.5. The quantitative estimate of drug-likeness (QED) is 0.663. The van der Waals surface area contributed by atoms with E-state index in [0.717, 1.165) is 0 Å². The van der Waals surface area contributed by atoms with Crippen LogP contribution in [0.5, 0.6) is 0 Å². The molecule has 152 valence electrons. The average Bonchev–Trinajstić information content (AvgIpc) is 3.02. The molecule has 1 atom stereocenters. The fourth-order valence-corrected chi connectivity index (χ4v) is 3.48. The zero-order valence-electron chi connectivity index (χ0n) is 15.7. The molecule has 8 heteroatoms. The molecule has 1 N–H and O–H groups in total. The Labute approximate surface area is 171 Å². The highest BCUT2D eigenvalue weighted by Crippen LogP contribution is 2.40. The summed E-state index contributed by atoms with van der Waals surface area (Å²) in [6.07, 6.45) is 0.979. The van der Waals surface area contributed by atoms with E-state index in [9.17, 15) is 18.4 Å². The summed E-state index contributed by atoms with van der Waals surface area (Å²) in [5.74, 6) is -1.02. The Morgan fingerprint density at radius 3 is 2.60 bits per heavy atom. The lowest BCUT2D eigenvalue weighted by Gasteiger charge is -2.25. The third-order valence-corrected chi connectivity index (χ3v) is 4.77. The number of nitrogens with one attached hydrogen (secondary N) is 1. The molecule has 0 saturated carbocycles. The molecule has 0 aliphatic carbocycles. The van der Waals surface area contributed by atoms with Crippen LogP contribution in [0, 0.1) is 11.6 Å². The second-order valence-corrected chi connectivity index (χ2v) is 6.63. The van der Waals surface area contributed by atoms with E-state index in [1.165, 1.54) is 47.5 Å². The number of fused-ring (bicyclic) bond motifs is 1. The van der Waals surface area contributed by atoms with Gasteiger partial charge in [-0.2, -0.15) is 0 Å². The van der Waals surface area contributed by atoms with Gasteiger partial charge in [-0.25, -0.2) is 18.6 Å². The maximum atomic E-state index is 14.6. The second kappa shape index (κ2) is 8.28. The van der Waals surface area contributed by atoms with E-state index in [0.29, 0.717) is 11.5 Å². The van der Waals surface area contributed by atoms with Gasteiger partial charge >= 0.3 is 6.09 Å². The van der Waals surface area contributed by atoms with Crippen molar-refractivity contribution in [2.24, 2.45) is 0 Å². The lowest BCUT2D eigenvalue weighted by Crippen LogP contribution is -2.29. The van der Waals surface area contributed by atoms with Crippen LogP contribution in [0.3, 0.4) is 0 Å². The summed E-state index contributed by atoms with van der Waals surface area (Å²) < 4.78 is 33.1. The van der Waals surface area contributed by atoms with Crippen LogP contribution in [-0.4, -0.2) is 23.6 Å². The van der Waals surface area contributed by atoms with Gasteiger partial charge in [0.05, 0.1) is 12.6 Å². The van der Waals surface area contributed by atoms with Crippen LogP contribution in [0.1, 0.15) is 28.4 Å². The van der Waals surface area contributed by atoms with Gasteiger partial charge in [0, 0.05) is 29.4 Å². The summed E-state index contributed by atoms with van der Waals surface area (Å²) >= 11 is 0. The van der Waals surface area contributed by atoms with Crippen LogP contribution < -0.4 is 10.2 Å². The fraction of sp³-hybridized carbons (Fsp3) is 0.136. The van der Waals surface area contributed by atoms with Crippen molar-refractivity contribution in [1.82, 2.24) is 4.98 Å². The van der Waals surface area contributed by atoms with E-state index < -0.39 is 23.8 Å². The van der Waals surface area contributed by atoms with E-state index in [1.54, 1.807) is 24.3 Å². The third-order valence-electron chi connectivity index (χ3n) is 4.77. The molecule has 0 fully saturated rings. The topological polar surface area (TPSA) is 71.5 Å². The number of rotatable bonds is 5. The number of hydrogen-bond donors (Lipinski definition) is 1. The van der Waals surface area contributed by atoms with Crippen molar-refractivity contribution in [3.05, 3.63) is 89.6 Å². The van der Waals surface area contributed by atoms with Crippen molar-refractivity contribution in [2.45, 2.75) is 12.5 Å². The largest absolute Gasteiger partial charge is 0.449 e. The number of amides is 2. The predicted octanol–water partition coefficient (Wildman–Crippen LogP) is 4.70. The molecule has 2 aromatic carbocycles. The average molecular weight is 409 g/mol. The third kappa shape index (κ3) is 3.84. The van der Waals surface area contributed by atoms with E-state index in [1.807, 2.05) is 0 Å². The first-order valence-corrected chi connectivity index (χ1v) is 9.27. The minimum Gasteiger partial charge on any atom is -0.449 e. The number of carbonyl (C=O) groups excluding carboxylic acids is 2. The van der Waals surface area contributed by atoms with E-state index in [-0.39, 0.29) is 30.1 Å². The Bertz CT molecular complexity index is 1070. The van der Waals surface area contributed by atoms with Crippen molar-refractivity contribution in [3.63, 3.8) is 0 Å². The van der Waals surface area contributed by atoms with Gasteiger partial charge in [0.25, 0.3) is 5.91 Å². The molecule has 30 heavy (non-hydrogen) atoms. The Kier molecular flexibility index (Phi) is 5.38. The molecular formula is C22H17F2N3O3. The molecular weight excluding hydrogens is 392 g/mol. The lowest BCUT2D eigenvalue weighted by atomic mass is 10.0. The molecule has 2 heterocycles. The van der Waals surface area contributed by atoms with Gasteiger partial charge < -0.3 is 9.64 Å². The first kappa shape index (κ1) is 19.5. The SMILES string of the molecule is O=C(Nc1ccccn1)OCCC1c2c(F)cccc2C(=O)N1c1ccc(F)cc1. The Hall–Kier alpha value is -3.81. The molecule has 0 spiro atoms. The maximum Gasteiger partial charge on any atom is 0.412 e. The number of aromatic nitrogens is 1. The van der Waals surface area contributed by atoms with Gasteiger partial charge in [0.15, 0.2) is 0 Å². The lowest BCUT2D eigenvalue weighted by molar-refractivity contribution is 0.0988. The number of ether oxygens (including phenoxy) is 1.